The van der Waals surface area contributed by atoms with Gasteiger partial charge in [-0.05, 0) is 19.9 Å². The lowest BCUT2D eigenvalue weighted by Crippen LogP contribution is -2.54. The number of amides is 2. The molecule has 2 amide bonds. The number of alkyl halides is 3. The second-order valence-corrected chi connectivity index (χ2v) is 4.60. The number of rotatable bonds is 4. The van der Waals surface area contributed by atoms with E-state index < -0.39 is 30.0 Å². The topological polar surface area (TPSA) is 61.4 Å². The Kier molecular flexibility index (Phi) is 7.29. The largest absolute Gasteiger partial charge is 0.408 e. The number of likely N-dealkylation sites (N-methyl/N-ethyl adjacent to an activating group) is 2. The first kappa shape index (κ1) is 19.0. The molecule has 2 atom stereocenters. The minimum atomic E-state index is -4.46. The van der Waals surface area contributed by atoms with Crippen LogP contribution in [0.3, 0.4) is 0 Å². The zero-order valence-electron chi connectivity index (χ0n) is 11.3. The molecule has 2 unspecified atom stereocenters. The Morgan fingerprint density at radius 3 is 2.50 bits per heavy atom. The standard InChI is InChI=1S/C11H18F3N3O2.ClH/c1-15-5-6-17(2)10(19)7-3-4-8(11(12,13)14)16-9(7)18;/h7-8,15H,3-6H2,1-2H3,(H,16,18);1H. The fourth-order valence-corrected chi connectivity index (χ4v) is 1.95. The highest BCUT2D eigenvalue weighted by molar-refractivity contribution is 6.00. The second-order valence-electron chi connectivity index (χ2n) is 4.60. The van der Waals surface area contributed by atoms with Crippen LogP contribution in [0.1, 0.15) is 12.8 Å². The van der Waals surface area contributed by atoms with Gasteiger partial charge >= 0.3 is 6.18 Å². The Morgan fingerprint density at radius 2 is 2.05 bits per heavy atom. The molecule has 0 aliphatic carbocycles. The molecule has 118 valence electrons. The van der Waals surface area contributed by atoms with Crippen LogP contribution in [0.5, 0.6) is 0 Å². The third kappa shape index (κ3) is 4.82. The molecule has 0 bridgehead atoms. The summed E-state index contributed by atoms with van der Waals surface area (Å²) in [6.07, 6.45) is -4.79. The van der Waals surface area contributed by atoms with E-state index >= 15 is 0 Å². The highest BCUT2D eigenvalue weighted by atomic mass is 35.5. The van der Waals surface area contributed by atoms with Gasteiger partial charge in [0.05, 0.1) is 0 Å². The summed E-state index contributed by atoms with van der Waals surface area (Å²) in [4.78, 5) is 24.9. The van der Waals surface area contributed by atoms with Gasteiger partial charge < -0.3 is 15.5 Å². The number of nitrogens with one attached hydrogen (secondary N) is 2. The Balaban J connectivity index is 0.00000361. The van der Waals surface area contributed by atoms with Crippen LogP contribution in [0.2, 0.25) is 0 Å². The molecule has 1 heterocycles. The van der Waals surface area contributed by atoms with E-state index in [-0.39, 0.29) is 25.2 Å². The van der Waals surface area contributed by atoms with Crippen LogP contribution in [0.4, 0.5) is 13.2 Å². The SMILES string of the molecule is CNCCN(C)C(=O)C1CCC(C(F)(F)F)NC1=O.Cl. The number of halogens is 4. The average molecular weight is 318 g/mol. The van der Waals surface area contributed by atoms with Crippen molar-refractivity contribution in [3.8, 4) is 0 Å². The van der Waals surface area contributed by atoms with Gasteiger partial charge in [-0.25, -0.2) is 0 Å². The molecule has 2 N–H and O–H groups in total. The highest BCUT2D eigenvalue weighted by Crippen LogP contribution is 2.28. The number of hydrogen-bond donors (Lipinski definition) is 2. The van der Waals surface area contributed by atoms with Crippen molar-refractivity contribution in [2.24, 2.45) is 5.92 Å². The van der Waals surface area contributed by atoms with Crippen molar-refractivity contribution < 1.29 is 22.8 Å². The van der Waals surface area contributed by atoms with Crippen molar-refractivity contribution in [2.75, 3.05) is 27.2 Å². The molecule has 1 aliphatic rings. The molecular weight excluding hydrogens is 299 g/mol. The summed E-state index contributed by atoms with van der Waals surface area (Å²) in [6, 6.07) is -1.84. The lowest BCUT2D eigenvalue weighted by atomic mass is 9.92. The first-order valence-electron chi connectivity index (χ1n) is 6.04. The van der Waals surface area contributed by atoms with Gasteiger partial charge in [-0.1, -0.05) is 0 Å². The zero-order chi connectivity index (χ0) is 14.6. The van der Waals surface area contributed by atoms with E-state index in [1.54, 1.807) is 7.05 Å². The minimum Gasteiger partial charge on any atom is -0.344 e. The number of hydrogen-bond acceptors (Lipinski definition) is 3. The molecule has 20 heavy (non-hydrogen) atoms. The molecule has 0 saturated carbocycles. The van der Waals surface area contributed by atoms with Crippen LogP contribution in [0.15, 0.2) is 0 Å². The van der Waals surface area contributed by atoms with E-state index in [0.29, 0.717) is 13.1 Å². The molecule has 9 heteroatoms. The van der Waals surface area contributed by atoms with Gasteiger partial charge in [0.15, 0.2) is 0 Å². The third-order valence-corrected chi connectivity index (χ3v) is 3.14. The van der Waals surface area contributed by atoms with Crippen molar-refractivity contribution in [1.29, 1.82) is 0 Å². The summed E-state index contributed by atoms with van der Waals surface area (Å²) in [7, 11) is 3.25. The van der Waals surface area contributed by atoms with Gasteiger partial charge in [-0.15, -0.1) is 12.4 Å². The quantitative estimate of drug-likeness (QED) is 0.744. The Morgan fingerprint density at radius 1 is 1.45 bits per heavy atom. The normalized spacial score (nSPS) is 22.8. The molecule has 1 fully saturated rings. The predicted molar refractivity (Wildman–Crippen MR) is 69.5 cm³/mol. The molecule has 1 saturated heterocycles. The fourth-order valence-electron chi connectivity index (χ4n) is 1.95. The maximum absolute atomic E-state index is 12.4. The Labute approximate surface area is 121 Å². The first-order chi connectivity index (χ1) is 8.77. The number of nitrogens with zero attached hydrogens (tertiary/aromatic N) is 1. The fraction of sp³-hybridized carbons (Fsp3) is 0.818. The van der Waals surface area contributed by atoms with Crippen molar-refractivity contribution in [3.63, 3.8) is 0 Å². The molecule has 0 aromatic heterocycles. The van der Waals surface area contributed by atoms with Crippen molar-refractivity contribution in [2.45, 2.75) is 25.1 Å². The summed E-state index contributed by atoms with van der Waals surface area (Å²) in [5.41, 5.74) is 0. The average Bonchev–Trinajstić information content (AvgIpc) is 2.33. The van der Waals surface area contributed by atoms with Gasteiger partial charge in [0, 0.05) is 20.1 Å². The third-order valence-electron chi connectivity index (χ3n) is 3.14. The van der Waals surface area contributed by atoms with Gasteiger partial charge in [0.1, 0.15) is 12.0 Å². The summed E-state index contributed by atoms with van der Waals surface area (Å²) in [5, 5.41) is 4.72. The minimum absolute atomic E-state index is 0. The predicted octanol–water partition coefficient (Wildman–Crippen LogP) is 0.543. The Bertz CT molecular complexity index is 352. The van der Waals surface area contributed by atoms with Crippen molar-refractivity contribution in [3.05, 3.63) is 0 Å². The maximum atomic E-state index is 12.4. The number of piperidine rings is 1. The monoisotopic (exact) mass is 317 g/mol. The smallest absolute Gasteiger partial charge is 0.344 e. The van der Waals surface area contributed by atoms with Gasteiger partial charge in [0.2, 0.25) is 11.8 Å². The molecule has 1 aliphatic heterocycles. The van der Waals surface area contributed by atoms with Crippen LogP contribution in [0, 0.1) is 5.92 Å². The molecule has 5 nitrogen and oxygen atoms in total. The number of carbonyl (C=O) groups excluding carboxylic acids is 2. The molecule has 0 spiro atoms. The zero-order valence-corrected chi connectivity index (χ0v) is 12.1. The summed E-state index contributed by atoms with van der Waals surface area (Å²) < 4.78 is 37.3. The van der Waals surface area contributed by atoms with E-state index in [1.807, 2.05) is 5.32 Å². The van der Waals surface area contributed by atoms with Crippen LogP contribution >= 0.6 is 12.4 Å². The molecule has 0 aromatic rings. The molecule has 1 rings (SSSR count). The first-order valence-corrected chi connectivity index (χ1v) is 6.04. The molecular formula is C11H19ClF3N3O2. The lowest BCUT2D eigenvalue weighted by Gasteiger charge is -2.31. The van der Waals surface area contributed by atoms with Crippen LogP contribution in [0.25, 0.3) is 0 Å². The summed E-state index contributed by atoms with van der Waals surface area (Å²) in [6.45, 7) is 0.962. The molecule has 0 radical (unpaired) electrons. The van der Waals surface area contributed by atoms with Gasteiger partial charge in [-0.3, -0.25) is 9.59 Å². The van der Waals surface area contributed by atoms with Crippen LogP contribution in [-0.2, 0) is 9.59 Å². The lowest BCUT2D eigenvalue weighted by molar-refractivity contribution is -0.172. The van der Waals surface area contributed by atoms with E-state index in [2.05, 4.69) is 5.32 Å². The van der Waals surface area contributed by atoms with Crippen molar-refractivity contribution in [1.82, 2.24) is 15.5 Å². The van der Waals surface area contributed by atoms with Crippen LogP contribution in [-0.4, -0.2) is 56.1 Å². The van der Waals surface area contributed by atoms with Gasteiger partial charge in [0.25, 0.3) is 0 Å². The highest BCUT2D eigenvalue weighted by Gasteiger charge is 2.46. The van der Waals surface area contributed by atoms with Crippen molar-refractivity contribution >= 4 is 24.2 Å². The summed E-state index contributed by atoms with van der Waals surface area (Å²) >= 11 is 0. The van der Waals surface area contributed by atoms with Crippen LogP contribution < -0.4 is 10.6 Å². The van der Waals surface area contributed by atoms with E-state index in [4.69, 9.17) is 0 Å². The Hall–Kier alpha value is -1.02. The van der Waals surface area contributed by atoms with E-state index in [0.717, 1.165) is 0 Å². The van der Waals surface area contributed by atoms with E-state index in [1.165, 1.54) is 11.9 Å². The van der Waals surface area contributed by atoms with E-state index in [9.17, 15) is 22.8 Å². The molecule has 0 aromatic carbocycles. The number of carbonyl (C=O) groups is 2. The van der Waals surface area contributed by atoms with Gasteiger partial charge in [-0.2, -0.15) is 13.2 Å². The summed E-state index contributed by atoms with van der Waals surface area (Å²) in [5.74, 6) is -2.29. The second kappa shape index (κ2) is 7.68. The maximum Gasteiger partial charge on any atom is 0.408 e.